The van der Waals surface area contributed by atoms with Crippen molar-refractivity contribution in [2.24, 2.45) is 0 Å². The number of carbonyl (C=O) groups excluding carboxylic acids is 5. The minimum atomic E-state index is -1.68. The Labute approximate surface area is 352 Å². The summed E-state index contributed by atoms with van der Waals surface area (Å²) in [4.78, 5) is 66.7. The molecule has 1 saturated heterocycles. The van der Waals surface area contributed by atoms with Gasteiger partial charge in [0, 0.05) is 22.6 Å². The van der Waals surface area contributed by atoms with Crippen molar-refractivity contribution in [3.8, 4) is 17.2 Å². The molecule has 13 nitrogen and oxygen atoms in total. The maximum atomic E-state index is 13.9. The van der Waals surface area contributed by atoms with Crippen LogP contribution in [0.2, 0.25) is 0 Å². The van der Waals surface area contributed by atoms with Crippen LogP contribution in [-0.4, -0.2) is 79.2 Å². The maximum absolute atomic E-state index is 13.9. The second-order valence-corrected chi connectivity index (χ2v) is 13.8. The van der Waals surface area contributed by atoms with E-state index in [1.54, 1.807) is 126 Å². The van der Waals surface area contributed by atoms with E-state index >= 15 is 0 Å². The number of rotatable bonds is 15. The largest absolute Gasteiger partial charge is 0.493 e. The van der Waals surface area contributed by atoms with Gasteiger partial charge in [0.05, 0.1) is 36.5 Å². The van der Waals surface area contributed by atoms with Crippen LogP contribution in [0.15, 0.2) is 140 Å². The molecular formula is C45H37IO13. The lowest BCUT2D eigenvalue weighted by atomic mass is 9.97. The average molecular weight is 913 g/mol. The van der Waals surface area contributed by atoms with E-state index in [1.165, 1.54) is 56.7 Å². The van der Waals surface area contributed by atoms with Crippen LogP contribution in [-0.2, 0) is 28.5 Å². The summed E-state index contributed by atoms with van der Waals surface area (Å²) in [5, 5.41) is 0. The molecule has 0 saturated carbocycles. The van der Waals surface area contributed by atoms with Crippen molar-refractivity contribution in [3.63, 3.8) is 0 Å². The zero-order chi connectivity index (χ0) is 41.7. The third-order valence-electron chi connectivity index (χ3n) is 8.86. The Morgan fingerprint density at radius 1 is 0.576 bits per heavy atom. The zero-order valence-electron chi connectivity index (χ0n) is 31.6. The molecule has 0 amide bonds. The summed E-state index contributed by atoms with van der Waals surface area (Å²) < 4.78 is 48.2. The third-order valence-corrected chi connectivity index (χ3v) is 9.22. The van der Waals surface area contributed by atoms with E-state index in [9.17, 15) is 24.0 Å². The number of hydrogen-bond donors (Lipinski definition) is 0. The highest BCUT2D eigenvalue weighted by Crippen LogP contribution is 2.42. The molecule has 1 aliphatic rings. The van der Waals surface area contributed by atoms with Crippen LogP contribution >= 0.6 is 22.6 Å². The van der Waals surface area contributed by atoms with Crippen LogP contribution in [0.3, 0.4) is 0 Å². The summed E-state index contributed by atoms with van der Waals surface area (Å²) in [5.41, 5.74) is 1.14. The second-order valence-electron chi connectivity index (χ2n) is 12.7. The van der Waals surface area contributed by atoms with E-state index < -0.39 is 61.2 Å². The molecule has 302 valence electrons. The minimum absolute atomic E-state index is 0.0355. The summed E-state index contributed by atoms with van der Waals surface area (Å²) in [6.45, 7) is -0.554. The molecule has 14 heteroatoms. The Morgan fingerprint density at radius 3 is 1.41 bits per heavy atom. The van der Waals surface area contributed by atoms with E-state index in [1.807, 2.05) is 0 Å². The molecule has 1 aliphatic heterocycles. The number of hydrogen-bond acceptors (Lipinski definition) is 13. The molecule has 5 aromatic rings. The quantitative estimate of drug-likeness (QED) is 0.0339. The highest BCUT2D eigenvalue weighted by Gasteiger charge is 2.54. The Bertz CT molecular complexity index is 2240. The van der Waals surface area contributed by atoms with Crippen molar-refractivity contribution in [3.05, 3.63) is 167 Å². The van der Waals surface area contributed by atoms with E-state index in [2.05, 4.69) is 0 Å². The lowest BCUT2D eigenvalue weighted by Crippen LogP contribution is -2.64. The van der Waals surface area contributed by atoms with Crippen molar-refractivity contribution in [1.82, 2.24) is 0 Å². The number of ether oxygens (including phenoxy) is 8. The van der Waals surface area contributed by atoms with Crippen molar-refractivity contribution < 1.29 is 61.9 Å². The van der Waals surface area contributed by atoms with E-state index in [0.29, 0.717) is 5.56 Å². The highest BCUT2D eigenvalue weighted by atomic mass is 127. The van der Waals surface area contributed by atoms with E-state index in [-0.39, 0.29) is 43.3 Å². The number of benzene rings is 5. The molecule has 59 heavy (non-hydrogen) atoms. The van der Waals surface area contributed by atoms with Crippen LogP contribution in [0.5, 0.6) is 17.2 Å². The molecule has 0 bridgehead atoms. The zero-order valence-corrected chi connectivity index (χ0v) is 33.8. The van der Waals surface area contributed by atoms with Crippen molar-refractivity contribution in [2.75, 3.05) is 20.8 Å². The van der Waals surface area contributed by atoms with E-state index in [0.717, 1.165) is 0 Å². The van der Waals surface area contributed by atoms with Crippen LogP contribution in [0, 0.1) is 0 Å². The standard InChI is InChI=1S/C45H37IO13/c1-52-33-25-28(23-24-36(46)47)26-34(53-2)37(33)59-45-40(58-44(51)32-21-13-6-14-22-32)39(57-43(50)31-19-11-5-12-20-31)38(56-42(49)30-17-9-4-10-18-30)35(55-45)27-54-41(48)29-15-7-3-8-16-29/h3-26,35,38-40,45H,27H2,1-2H3/b24-23+/t35-,38-,39+,40+,45-/m1/s1. The number of carbonyl (C=O) groups is 5. The van der Waals surface area contributed by atoms with Gasteiger partial charge in [-0.1, -0.05) is 78.9 Å². The average Bonchev–Trinajstić information content (AvgIpc) is 3.27. The van der Waals surface area contributed by atoms with Crippen molar-refractivity contribution in [1.29, 1.82) is 0 Å². The fourth-order valence-electron chi connectivity index (χ4n) is 6.01. The number of allylic oxidation sites excluding steroid dienone is 1. The molecule has 0 N–H and O–H groups in total. The molecule has 1 heterocycles. The highest BCUT2D eigenvalue weighted by molar-refractivity contribution is 14.1. The minimum Gasteiger partial charge on any atom is -0.493 e. The number of halogens is 1. The summed E-state index contributed by atoms with van der Waals surface area (Å²) >= 11 is 1.64. The molecule has 0 unspecified atom stereocenters. The van der Waals surface area contributed by atoms with Crippen LogP contribution in [0.1, 0.15) is 47.0 Å². The number of methoxy groups -OCH3 is 2. The Balaban J connectivity index is 1.48. The molecule has 6 rings (SSSR count). The van der Waals surface area contributed by atoms with Gasteiger partial charge in [-0.05, 0) is 72.3 Å². The monoisotopic (exact) mass is 912 g/mol. The third kappa shape index (κ3) is 10.9. The van der Waals surface area contributed by atoms with Gasteiger partial charge in [0.1, 0.15) is 12.7 Å². The predicted molar refractivity (Wildman–Crippen MR) is 221 cm³/mol. The normalized spacial score (nSPS) is 18.5. The van der Waals surface area contributed by atoms with Gasteiger partial charge in [-0.25, -0.2) is 19.2 Å². The lowest BCUT2D eigenvalue weighted by molar-refractivity contribution is -0.275. The van der Waals surface area contributed by atoms with Gasteiger partial charge in [0.25, 0.3) is 0 Å². The molecule has 0 aliphatic carbocycles. The number of esters is 4. The Kier molecular flexibility index (Phi) is 14.5. The van der Waals surface area contributed by atoms with Crippen LogP contribution in [0.25, 0.3) is 6.08 Å². The lowest BCUT2D eigenvalue weighted by Gasteiger charge is -2.44. The van der Waals surface area contributed by atoms with Gasteiger partial charge in [-0.3, -0.25) is 4.79 Å². The van der Waals surface area contributed by atoms with Gasteiger partial charge in [0.2, 0.25) is 21.9 Å². The van der Waals surface area contributed by atoms with Crippen LogP contribution < -0.4 is 14.2 Å². The first-order chi connectivity index (χ1) is 28.6. The van der Waals surface area contributed by atoms with Gasteiger partial charge < -0.3 is 37.9 Å². The Morgan fingerprint density at radius 2 is 0.983 bits per heavy atom. The molecule has 5 atom stereocenters. The molecular weight excluding hydrogens is 875 g/mol. The molecule has 5 aromatic carbocycles. The molecule has 0 spiro atoms. The summed E-state index contributed by atoms with van der Waals surface area (Å²) in [6, 6.07) is 35.3. The first-order valence-electron chi connectivity index (χ1n) is 18.1. The second kappa shape index (κ2) is 20.3. The molecule has 0 radical (unpaired) electrons. The topological polar surface area (TPSA) is 159 Å². The SMILES string of the molecule is COc1cc(/C=C/C(=O)I)cc(OC)c1O[C@H]1O[C@H](COC(=O)c2ccccc2)[C@@H](OC(=O)c2ccccc2)[C@H](OC(=O)c2ccccc2)[C@@H]1OC(=O)c1ccccc1. The van der Waals surface area contributed by atoms with Gasteiger partial charge in [-0.2, -0.15) is 0 Å². The molecule has 0 aromatic heterocycles. The smallest absolute Gasteiger partial charge is 0.338 e. The predicted octanol–water partition coefficient (Wildman–Crippen LogP) is 7.32. The summed E-state index contributed by atoms with van der Waals surface area (Å²) in [5.74, 6) is -3.11. The van der Waals surface area contributed by atoms with E-state index in [4.69, 9.17) is 37.9 Å². The van der Waals surface area contributed by atoms with Gasteiger partial charge >= 0.3 is 23.9 Å². The van der Waals surface area contributed by atoms with Crippen molar-refractivity contribution in [2.45, 2.75) is 30.7 Å². The first kappa shape index (κ1) is 42.1. The molecule has 1 fully saturated rings. The summed E-state index contributed by atoms with van der Waals surface area (Å²) in [7, 11) is 2.76. The van der Waals surface area contributed by atoms with Crippen molar-refractivity contribution >= 4 is 56.3 Å². The van der Waals surface area contributed by atoms with Gasteiger partial charge in [-0.15, -0.1) is 0 Å². The summed E-state index contributed by atoms with van der Waals surface area (Å²) in [6.07, 6.45) is -5.09. The first-order valence-corrected chi connectivity index (χ1v) is 19.2. The Hall–Kier alpha value is -6.52. The maximum Gasteiger partial charge on any atom is 0.338 e. The fourth-order valence-corrected chi connectivity index (χ4v) is 6.19. The fraction of sp³-hybridized carbons (Fsp3) is 0.178. The van der Waals surface area contributed by atoms with Crippen LogP contribution in [0.4, 0.5) is 0 Å². The van der Waals surface area contributed by atoms with Gasteiger partial charge in [0.15, 0.2) is 23.7 Å².